The molecular formula is C13H16BrN5O2. The molecule has 4 N–H and O–H groups in total. The number of halogens is 1. The van der Waals surface area contributed by atoms with Crippen LogP contribution in [-0.2, 0) is 16.1 Å². The van der Waals surface area contributed by atoms with Crippen molar-refractivity contribution in [3.05, 3.63) is 34.6 Å². The van der Waals surface area contributed by atoms with Crippen LogP contribution in [0.1, 0.15) is 5.82 Å². The number of hydrogen-bond acceptors (Lipinski definition) is 5. The van der Waals surface area contributed by atoms with E-state index in [0.29, 0.717) is 11.6 Å². The lowest BCUT2D eigenvalue weighted by molar-refractivity contribution is -0.123. The van der Waals surface area contributed by atoms with Crippen molar-refractivity contribution in [2.24, 2.45) is 5.73 Å². The molecule has 1 heterocycles. The number of H-pyrrole nitrogens is 1. The maximum Gasteiger partial charge on any atom is 0.239 e. The summed E-state index contributed by atoms with van der Waals surface area (Å²) in [6.07, 6.45) is 0. The predicted molar refractivity (Wildman–Crippen MR) is 81.2 cm³/mol. The number of hydrogen-bond donors (Lipinski definition) is 3. The molecule has 0 aliphatic rings. The first-order chi connectivity index (χ1) is 10.1. The van der Waals surface area contributed by atoms with Crippen molar-refractivity contribution in [3.8, 4) is 11.4 Å². The van der Waals surface area contributed by atoms with Crippen LogP contribution in [-0.4, -0.2) is 40.8 Å². The van der Waals surface area contributed by atoms with E-state index in [2.05, 4.69) is 36.4 Å². The van der Waals surface area contributed by atoms with Crippen molar-refractivity contribution in [1.29, 1.82) is 0 Å². The SMILES string of the molecule is COCC(N)C(=O)NCc1nc(-c2ccc(Br)cc2)n[nH]1. The Morgan fingerprint density at radius 1 is 1.48 bits per heavy atom. The van der Waals surface area contributed by atoms with Gasteiger partial charge in [-0.25, -0.2) is 4.98 Å². The Morgan fingerprint density at radius 2 is 2.19 bits per heavy atom. The van der Waals surface area contributed by atoms with Gasteiger partial charge in [-0.3, -0.25) is 9.89 Å². The third kappa shape index (κ3) is 4.35. The minimum Gasteiger partial charge on any atom is -0.383 e. The molecule has 1 aromatic heterocycles. The average Bonchev–Trinajstić information content (AvgIpc) is 2.94. The first kappa shape index (κ1) is 15.6. The summed E-state index contributed by atoms with van der Waals surface area (Å²) >= 11 is 3.37. The van der Waals surface area contributed by atoms with Gasteiger partial charge < -0.3 is 15.8 Å². The van der Waals surface area contributed by atoms with Crippen LogP contribution in [0.25, 0.3) is 11.4 Å². The van der Waals surface area contributed by atoms with Gasteiger partial charge in [0, 0.05) is 17.1 Å². The molecule has 0 aliphatic heterocycles. The molecule has 1 aromatic carbocycles. The number of benzene rings is 1. The topological polar surface area (TPSA) is 106 Å². The Morgan fingerprint density at radius 3 is 2.86 bits per heavy atom. The van der Waals surface area contributed by atoms with Gasteiger partial charge in [0.25, 0.3) is 0 Å². The molecule has 0 spiro atoms. The predicted octanol–water partition coefficient (Wildman–Crippen LogP) is 0.824. The molecule has 8 heteroatoms. The average molecular weight is 354 g/mol. The number of aromatic nitrogens is 3. The fourth-order valence-electron chi connectivity index (χ4n) is 1.66. The zero-order chi connectivity index (χ0) is 15.2. The van der Waals surface area contributed by atoms with Gasteiger partial charge in [0.2, 0.25) is 5.91 Å². The van der Waals surface area contributed by atoms with Crippen molar-refractivity contribution in [2.75, 3.05) is 13.7 Å². The third-order valence-corrected chi connectivity index (χ3v) is 3.28. The second kappa shape index (κ2) is 7.30. The van der Waals surface area contributed by atoms with Gasteiger partial charge in [-0.2, -0.15) is 5.10 Å². The maximum atomic E-state index is 11.6. The zero-order valence-corrected chi connectivity index (χ0v) is 13.1. The molecule has 0 saturated heterocycles. The number of carbonyl (C=O) groups is 1. The number of carbonyl (C=O) groups excluding carboxylic acids is 1. The number of nitrogens with two attached hydrogens (primary N) is 1. The molecule has 21 heavy (non-hydrogen) atoms. The summed E-state index contributed by atoms with van der Waals surface area (Å²) < 4.78 is 5.81. The summed E-state index contributed by atoms with van der Waals surface area (Å²) in [6.45, 7) is 0.409. The lowest BCUT2D eigenvalue weighted by Gasteiger charge is -2.09. The van der Waals surface area contributed by atoms with E-state index in [1.54, 1.807) is 0 Å². The molecule has 0 bridgehead atoms. The smallest absolute Gasteiger partial charge is 0.239 e. The summed E-state index contributed by atoms with van der Waals surface area (Å²) in [7, 11) is 1.49. The van der Waals surface area contributed by atoms with Crippen molar-refractivity contribution < 1.29 is 9.53 Å². The Balaban J connectivity index is 1.94. The molecule has 0 radical (unpaired) electrons. The van der Waals surface area contributed by atoms with E-state index in [-0.39, 0.29) is 19.1 Å². The van der Waals surface area contributed by atoms with Gasteiger partial charge >= 0.3 is 0 Å². The number of aromatic amines is 1. The molecule has 0 aliphatic carbocycles. The van der Waals surface area contributed by atoms with E-state index in [4.69, 9.17) is 10.5 Å². The maximum absolute atomic E-state index is 11.6. The quantitative estimate of drug-likeness (QED) is 0.712. The van der Waals surface area contributed by atoms with Crippen LogP contribution in [0.4, 0.5) is 0 Å². The highest BCUT2D eigenvalue weighted by Gasteiger charge is 2.13. The Kier molecular flexibility index (Phi) is 5.43. The summed E-state index contributed by atoms with van der Waals surface area (Å²) in [5.41, 5.74) is 6.51. The second-order valence-corrected chi connectivity index (χ2v) is 5.31. The number of nitrogens with one attached hydrogen (secondary N) is 2. The van der Waals surface area contributed by atoms with Crippen molar-refractivity contribution in [1.82, 2.24) is 20.5 Å². The van der Waals surface area contributed by atoms with Crippen molar-refractivity contribution in [2.45, 2.75) is 12.6 Å². The van der Waals surface area contributed by atoms with Gasteiger partial charge in [0.15, 0.2) is 5.82 Å². The van der Waals surface area contributed by atoms with E-state index in [1.807, 2.05) is 24.3 Å². The summed E-state index contributed by atoms with van der Waals surface area (Å²) in [4.78, 5) is 16.0. The highest BCUT2D eigenvalue weighted by molar-refractivity contribution is 9.10. The van der Waals surface area contributed by atoms with Crippen molar-refractivity contribution >= 4 is 21.8 Å². The fourth-order valence-corrected chi connectivity index (χ4v) is 1.92. The third-order valence-electron chi connectivity index (χ3n) is 2.75. The Labute approximate surface area is 130 Å². The largest absolute Gasteiger partial charge is 0.383 e. The first-order valence-electron chi connectivity index (χ1n) is 6.29. The zero-order valence-electron chi connectivity index (χ0n) is 11.5. The Hall–Kier alpha value is -1.77. The van der Waals surface area contributed by atoms with Crippen LogP contribution in [0.15, 0.2) is 28.7 Å². The molecular weight excluding hydrogens is 338 g/mol. The van der Waals surface area contributed by atoms with Gasteiger partial charge in [-0.15, -0.1) is 0 Å². The number of rotatable bonds is 6. The monoisotopic (exact) mass is 353 g/mol. The normalized spacial score (nSPS) is 12.1. The molecule has 1 amide bonds. The molecule has 2 aromatic rings. The molecule has 0 saturated carbocycles. The van der Waals surface area contributed by atoms with Gasteiger partial charge in [0.1, 0.15) is 11.9 Å². The van der Waals surface area contributed by atoms with Crippen molar-refractivity contribution in [3.63, 3.8) is 0 Å². The number of amides is 1. The highest BCUT2D eigenvalue weighted by atomic mass is 79.9. The fraction of sp³-hybridized carbons (Fsp3) is 0.308. The molecule has 1 unspecified atom stereocenters. The van der Waals surface area contributed by atoms with E-state index < -0.39 is 6.04 Å². The number of ether oxygens (including phenoxy) is 1. The van der Waals surface area contributed by atoms with Crippen LogP contribution >= 0.6 is 15.9 Å². The second-order valence-electron chi connectivity index (χ2n) is 4.39. The molecule has 0 fully saturated rings. The summed E-state index contributed by atoms with van der Waals surface area (Å²) in [5, 5.41) is 9.57. The standard InChI is InChI=1S/C13H16BrN5O2/c1-21-7-10(15)13(20)16-6-11-17-12(19-18-11)8-2-4-9(14)5-3-8/h2-5,10H,6-7,15H2,1H3,(H,16,20)(H,17,18,19). The van der Waals surface area contributed by atoms with Gasteiger partial charge in [-0.1, -0.05) is 28.1 Å². The van der Waals surface area contributed by atoms with Crippen LogP contribution in [0.3, 0.4) is 0 Å². The highest BCUT2D eigenvalue weighted by Crippen LogP contribution is 2.18. The number of nitrogens with zero attached hydrogens (tertiary/aromatic N) is 2. The lowest BCUT2D eigenvalue weighted by atomic mass is 10.2. The minimum atomic E-state index is -0.691. The first-order valence-corrected chi connectivity index (χ1v) is 7.09. The van der Waals surface area contributed by atoms with Crippen LogP contribution in [0.2, 0.25) is 0 Å². The van der Waals surface area contributed by atoms with E-state index >= 15 is 0 Å². The van der Waals surface area contributed by atoms with E-state index in [9.17, 15) is 4.79 Å². The molecule has 1 atom stereocenters. The van der Waals surface area contributed by atoms with E-state index in [1.165, 1.54) is 7.11 Å². The van der Waals surface area contributed by atoms with Crippen LogP contribution in [0, 0.1) is 0 Å². The summed E-state index contributed by atoms with van der Waals surface area (Å²) in [6, 6.07) is 6.95. The molecule has 2 rings (SSSR count). The van der Waals surface area contributed by atoms with Gasteiger partial charge in [-0.05, 0) is 12.1 Å². The van der Waals surface area contributed by atoms with Crippen LogP contribution in [0.5, 0.6) is 0 Å². The van der Waals surface area contributed by atoms with E-state index in [0.717, 1.165) is 10.0 Å². The van der Waals surface area contributed by atoms with Crippen LogP contribution < -0.4 is 11.1 Å². The summed E-state index contributed by atoms with van der Waals surface area (Å²) in [5.74, 6) is 0.845. The molecule has 112 valence electrons. The Bertz CT molecular complexity index is 599. The number of methoxy groups -OCH3 is 1. The molecule has 7 nitrogen and oxygen atoms in total. The van der Waals surface area contributed by atoms with Gasteiger partial charge in [0.05, 0.1) is 13.2 Å². The lowest BCUT2D eigenvalue weighted by Crippen LogP contribution is -2.43. The minimum absolute atomic E-state index is 0.173.